The summed E-state index contributed by atoms with van der Waals surface area (Å²) in [4.78, 5) is 0. The van der Waals surface area contributed by atoms with Gasteiger partial charge in [0.25, 0.3) is 0 Å². The molecule has 270 valence electrons. The van der Waals surface area contributed by atoms with Crippen LogP contribution in [0.15, 0.2) is 217 Å². The van der Waals surface area contributed by atoms with Gasteiger partial charge >= 0.3 is 0 Å². The van der Waals surface area contributed by atoms with E-state index in [1.807, 2.05) is 12.1 Å². The lowest BCUT2D eigenvalue weighted by Crippen LogP contribution is -2.51. The molecule has 0 fully saturated rings. The van der Waals surface area contributed by atoms with Gasteiger partial charge in [0, 0.05) is 43.7 Å². The van der Waals surface area contributed by atoms with Gasteiger partial charge in [0.15, 0.2) is 0 Å². The summed E-state index contributed by atoms with van der Waals surface area (Å²) >= 11 is 0. The van der Waals surface area contributed by atoms with Crippen LogP contribution >= 0.6 is 0 Å². The Hall–Kier alpha value is -7.56. The quantitative estimate of drug-likeness (QED) is 0.156. The number of aromatic nitrogens is 2. The van der Waals surface area contributed by atoms with E-state index in [1.165, 1.54) is 71.1 Å². The molecular weight excluding hydrogens is 703 g/mol. The maximum atomic E-state index is 6.23. The molecule has 4 heteroatoms. The van der Waals surface area contributed by atoms with Crippen molar-refractivity contribution in [2.24, 2.45) is 0 Å². The minimum absolute atomic E-state index is 0.133. The lowest BCUT2D eigenvalue weighted by Gasteiger charge is -2.17. The van der Waals surface area contributed by atoms with Crippen LogP contribution in [0.25, 0.3) is 88.1 Å². The number of para-hydroxylation sites is 3. The summed E-state index contributed by atoms with van der Waals surface area (Å²) in [7, 11) is 0. The molecule has 0 saturated carbocycles. The van der Waals surface area contributed by atoms with Gasteiger partial charge in [0.05, 0.1) is 22.1 Å². The van der Waals surface area contributed by atoms with Crippen LogP contribution < -0.4 is 16.4 Å². The predicted molar refractivity (Wildman–Crippen MR) is 245 cm³/mol. The molecule has 0 spiro atoms. The second-order valence-corrected chi connectivity index (χ2v) is 15.3. The molecule has 0 saturated heterocycles. The van der Waals surface area contributed by atoms with Crippen LogP contribution in [0.1, 0.15) is 0 Å². The zero-order valence-corrected chi connectivity index (χ0v) is 31.6. The number of hydrogen-bond acceptors (Lipinski definition) is 1. The second kappa shape index (κ2) is 13.0. The molecule has 0 unspecified atom stereocenters. The fraction of sp³-hybridized carbons (Fsp3) is 0. The molecular formula is C54H35BN2O. The van der Waals surface area contributed by atoms with E-state index in [2.05, 4.69) is 209 Å². The van der Waals surface area contributed by atoms with Gasteiger partial charge in [-0.25, -0.2) is 0 Å². The molecule has 0 atom stereocenters. The van der Waals surface area contributed by atoms with Gasteiger partial charge in [0.1, 0.15) is 11.2 Å². The topological polar surface area (TPSA) is 23.0 Å². The number of fused-ring (bicyclic) bond motifs is 9. The monoisotopic (exact) mass is 738 g/mol. The first-order valence-corrected chi connectivity index (χ1v) is 20.0. The van der Waals surface area contributed by atoms with E-state index < -0.39 is 0 Å². The van der Waals surface area contributed by atoms with Crippen molar-refractivity contribution in [3.63, 3.8) is 0 Å². The standard InChI is InChI=1S/C54H35BN2O/c1-3-17-38(18-4-1)55(39-19-5-2-6-20-39)40-21-13-15-36(31-40)37-16-14-22-41(32-37)56-49-26-10-7-23-43(49)46-35-52-47(34-51(46)56)44-24-8-11-27-50(44)57(52)42-29-30-54-48(33-42)45-25-9-12-28-53(45)58-54/h1-35H. The van der Waals surface area contributed by atoms with Gasteiger partial charge < -0.3 is 13.6 Å². The molecule has 3 heterocycles. The van der Waals surface area contributed by atoms with Crippen LogP contribution in [-0.4, -0.2) is 15.8 Å². The highest BCUT2D eigenvalue weighted by atomic mass is 16.3. The van der Waals surface area contributed by atoms with Gasteiger partial charge in [-0.15, -0.1) is 0 Å². The highest BCUT2D eigenvalue weighted by Gasteiger charge is 2.23. The van der Waals surface area contributed by atoms with Crippen molar-refractivity contribution in [3.8, 4) is 22.5 Å². The third-order valence-electron chi connectivity index (χ3n) is 12.0. The number of benzene rings is 9. The molecule has 58 heavy (non-hydrogen) atoms. The van der Waals surface area contributed by atoms with E-state index in [4.69, 9.17) is 4.42 Å². The molecule has 0 N–H and O–H groups in total. The SMILES string of the molecule is c1ccc(B(c2ccccc2)c2cccc(-c3cccc(-n4c5ccccc5c5cc6c(cc54)c4ccccc4n6-c4ccc5oc6ccccc6c5c4)c3)c2)cc1. The maximum Gasteiger partial charge on any atom is 0.241 e. The summed E-state index contributed by atoms with van der Waals surface area (Å²) in [5.41, 5.74) is 15.0. The molecule has 0 aliphatic heterocycles. The van der Waals surface area contributed by atoms with Crippen LogP contribution in [0.5, 0.6) is 0 Å². The number of nitrogens with zero attached hydrogens (tertiary/aromatic N) is 2. The largest absolute Gasteiger partial charge is 0.456 e. The lowest BCUT2D eigenvalue weighted by molar-refractivity contribution is 0.669. The molecule has 0 amide bonds. The van der Waals surface area contributed by atoms with E-state index in [-0.39, 0.29) is 6.71 Å². The number of hydrogen-bond donors (Lipinski definition) is 0. The summed E-state index contributed by atoms with van der Waals surface area (Å²) in [5, 5.41) is 7.16. The van der Waals surface area contributed by atoms with Crippen molar-refractivity contribution < 1.29 is 4.42 Å². The Morgan fingerprint density at radius 3 is 1.45 bits per heavy atom. The van der Waals surface area contributed by atoms with Gasteiger partial charge in [-0.1, -0.05) is 168 Å². The van der Waals surface area contributed by atoms with Gasteiger partial charge in [0.2, 0.25) is 6.71 Å². The number of furan rings is 1. The van der Waals surface area contributed by atoms with Crippen molar-refractivity contribution in [3.05, 3.63) is 212 Å². The zero-order chi connectivity index (χ0) is 38.2. The van der Waals surface area contributed by atoms with Gasteiger partial charge in [-0.2, -0.15) is 0 Å². The zero-order valence-electron chi connectivity index (χ0n) is 31.6. The predicted octanol–water partition coefficient (Wildman–Crippen LogP) is 12.0. The third kappa shape index (κ3) is 5.08. The van der Waals surface area contributed by atoms with Crippen LogP contribution in [0.4, 0.5) is 0 Å². The second-order valence-electron chi connectivity index (χ2n) is 15.3. The van der Waals surface area contributed by atoms with Gasteiger partial charge in [-0.3, -0.25) is 0 Å². The molecule has 12 rings (SSSR count). The van der Waals surface area contributed by atoms with E-state index in [9.17, 15) is 0 Å². The summed E-state index contributed by atoms with van der Waals surface area (Å²) < 4.78 is 11.1. The smallest absolute Gasteiger partial charge is 0.241 e. The average Bonchev–Trinajstić information content (AvgIpc) is 3.93. The Morgan fingerprint density at radius 2 is 0.793 bits per heavy atom. The fourth-order valence-electron chi connectivity index (χ4n) is 9.43. The first-order valence-electron chi connectivity index (χ1n) is 20.0. The molecule has 0 bridgehead atoms. The first kappa shape index (κ1) is 32.7. The van der Waals surface area contributed by atoms with Crippen molar-refractivity contribution in [2.45, 2.75) is 0 Å². The van der Waals surface area contributed by atoms with E-state index in [1.54, 1.807) is 0 Å². The van der Waals surface area contributed by atoms with Crippen molar-refractivity contribution >= 4 is 88.7 Å². The van der Waals surface area contributed by atoms with Crippen molar-refractivity contribution in [1.29, 1.82) is 0 Å². The highest BCUT2D eigenvalue weighted by molar-refractivity contribution is 6.95. The minimum Gasteiger partial charge on any atom is -0.456 e. The molecule has 0 aliphatic carbocycles. The Labute approximate surface area is 335 Å². The van der Waals surface area contributed by atoms with E-state index >= 15 is 0 Å². The summed E-state index contributed by atoms with van der Waals surface area (Å²) in [6, 6.07) is 77.1. The number of rotatable bonds is 6. The Balaban J connectivity index is 1.04. The van der Waals surface area contributed by atoms with Crippen LogP contribution in [0.2, 0.25) is 0 Å². The molecule has 9 aromatic carbocycles. The van der Waals surface area contributed by atoms with Gasteiger partial charge in [-0.05, 0) is 71.8 Å². The first-order chi connectivity index (χ1) is 28.8. The highest BCUT2D eigenvalue weighted by Crippen LogP contribution is 2.41. The van der Waals surface area contributed by atoms with Crippen molar-refractivity contribution in [2.75, 3.05) is 0 Å². The maximum absolute atomic E-state index is 6.23. The van der Waals surface area contributed by atoms with Crippen LogP contribution in [-0.2, 0) is 0 Å². The van der Waals surface area contributed by atoms with E-state index in [0.717, 1.165) is 33.3 Å². The summed E-state index contributed by atoms with van der Waals surface area (Å²) in [6.45, 7) is 0.133. The third-order valence-corrected chi connectivity index (χ3v) is 12.0. The van der Waals surface area contributed by atoms with Crippen LogP contribution in [0.3, 0.4) is 0 Å². The Morgan fingerprint density at radius 1 is 0.293 bits per heavy atom. The Kier molecular flexibility index (Phi) is 7.33. The lowest BCUT2D eigenvalue weighted by atomic mass is 9.37. The molecule has 12 aromatic rings. The molecule has 0 aliphatic rings. The molecule has 3 nitrogen and oxygen atoms in total. The minimum atomic E-state index is 0.133. The average molecular weight is 739 g/mol. The fourth-order valence-corrected chi connectivity index (χ4v) is 9.43. The summed E-state index contributed by atoms with van der Waals surface area (Å²) in [6.07, 6.45) is 0. The normalized spacial score (nSPS) is 11.8. The molecule has 0 radical (unpaired) electrons. The Bertz CT molecular complexity index is 3480. The van der Waals surface area contributed by atoms with Crippen molar-refractivity contribution in [1.82, 2.24) is 9.13 Å². The van der Waals surface area contributed by atoms with Crippen LogP contribution in [0, 0.1) is 0 Å². The van der Waals surface area contributed by atoms with E-state index in [0.29, 0.717) is 0 Å². The molecule has 3 aromatic heterocycles. The summed E-state index contributed by atoms with van der Waals surface area (Å²) in [5.74, 6) is 0.